The van der Waals surface area contributed by atoms with Gasteiger partial charge in [0.25, 0.3) is 0 Å². The molecular formula is C12H13NO. The van der Waals surface area contributed by atoms with Crippen LogP contribution in [0.4, 0.5) is 0 Å². The molecule has 2 nitrogen and oxygen atoms in total. The number of Topliss-reactive ketones (excluding diaryl/α,β-unsaturated/α-hetero) is 1. The molecule has 0 radical (unpaired) electrons. The fraction of sp³-hybridized carbons (Fsp3) is 0.250. The van der Waals surface area contributed by atoms with Crippen molar-refractivity contribution in [2.24, 2.45) is 0 Å². The van der Waals surface area contributed by atoms with E-state index in [2.05, 4.69) is 13.0 Å². The Morgan fingerprint density at radius 3 is 2.79 bits per heavy atom. The van der Waals surface area contributed by atoms with Gasteiger partial charge in [0.2, 0.25) is 0 Å². The lowest BCUT2D eigenvalue weighted by molar-refractivity contribution is -0.117. The van der Waals surface area contributed by atoms with E-state index in [1.54, 1.807) is 6.92 Å². The van der Waals surface area contributed by atoms with Crippen molar-refractivity contribution in [2.45, 2.75) is 20.4 Å². The zero-order valence-corrected chi connectivity index (χ0v) is 8.45. The summed E-state index contributed by atoms with van der Waals surface area (Å²) < 4.78 is 2.01. The van der Waals surface area contributed by atoms with E-state index in [1.807, 2.05) is 29.0 Å². The summed E-state index contributed by atoms with van der Waals surface area (Å²) in [7, 11) is 0. The maximum Gasteiger partial charge on any atom is 0.149 e. The molecule has 0 fully saturated rings. The number of para-hydroxylation sites is 1. The highest BCUT2D eigenvalue weighted by molar-refractivity contribution is 5.85. The van der Waals surface area contributed by atoms with Gasteiger partial charge in [0, 0.05) is 17.1 Å². The normalized spacial score (nSPS) is 10.7. The standard InChI is InChI=1S/C12H13NO/c1-9-7-13(8-10(2)14)12-6-4-3-5-11(9)12/h3-7H,8H2,1-2H3. The molecule has 0 unspecified atom stereocenters. The smallest absolute Gasteiger partial charge is 0.149 e. The van der Waals surface area contributed by atoms with Gasteiger partial charge < -0.3 is 4.57 Å². The topological polar surface area (TPSA) is 22.0 Å². The summed E-state index contributed by atoms with van der Waals surface area (Å²) in [6, 6.07) is 8.15. The Hall–Kier alpha value is -1.57. The summed E-state index contributed by atoms with van der Waals surface area (Å²) in [5.41, 5.74) is 2.36. The van der Waals surface area contributed by atoms with Crippen molar-refractivity contribution < 1.29 is 4.79 Å². The minimum atomic E-state index is 0.186. The molecule has 1 heterocycles. The van der Waals surface area contributed by atoms with Crippen LogP contribution in [-0.2, 0) is 11.3 Å². The zero-order valence-electron chi connectivity index (χ0n) is 8.45. The fourth-order valence-corrected chi connectivity index (χ4v) is 1.80. The molecule has 0 aliphatic heterocycles. The highest BCUT2D eigenvalue weighted by Crippen LogP contribution is 2.19. The van der Waals surface area contributed by atoms with E-state index in [9.17, 15) is 4.79 Å². The Labute approximate surface area is 83.2 Å². The number of rotatable bonds is 2. The number of carbonyl (C=O) groups is 1. The maximum atomic E-state index is 11.0. The van der Waals surface area contributed by atoms with Gasteiger partial charge >= 0.3 is 0 Å². The van der Waals surface area contributed by atoms with Crippen LogP contribution in [0.25, 0.3) is 10.9 Å². The second-order valence-corrected chi connectivity index (χ2v) is 3.66. The van der Waals surface area contributed by atoms with Crippen molar-refractivity contribution in [1.29, 1.82) is 0 Å². The van der Waals surface area contributed by atoms with E-state index in [4.69, 9.17) is 0 Å². The van der Waals surface area contributed by atoms with Gasteiger partial charge in [-0.3, -0.25) is 4.79 Å². The minimum absolute atomic E-state index is 0.186. The summed E-state index contributed by atoms with van der Waals surface area (Å²) in [6.45, 7) is 4.15. The van der Waals surface area contributed by atoms with Gasteiger partial charge in [0.1, 0.15) is 5.78 Å². The Bertz CT molecular complexity index is 482. The van der Waals surface area contributed by atoms with Crippen molar-refractivity contribution in [2.75, 3.05) is 0 Å². The van der Waals surface area contributed by atoms with Crippen LogP contribution in [0.15, 0.2) is 30.5 Å². The molecule has 2 rings (SSSR count). The van der Waals surface area contributed by atoms with Crippen LogP contribution in [0.1, 0.15) is 12.5 Å². The van der Waals surface area contributed by atoms with Crippen LogP contribution in [-0.4, -0.2) is 10.4 Å². The van der Waals surface area contributed by atoms with Gasteiger partial charge in [0.05, 0.1) is 6.54 Å². The first-order chi connectivity index (χ1) is 6.68. The molecule has 0 spiro atoms. The lowest BCUT2D eigenvalue weighted by Crippen LogP contribution is -2.04. The molecule has 0 amide bonds. The molecule has 0 saturated carbocycles. The summed E-state index contributed by atoms with van der Waals surface area (Å²) >= 11 is 0. The van der Waals surface area contributed by atoms with Crippen LogP contribution in [0.2, 0.25) is 0 Å². The van der Waals surface area contributed by atoms with E-state index in [-0.39, 0.29) is 5.78 Å². The summed E-state index contributed by atoms with van der Waals surface area (Å²) in [5.74, 6) is 0.186. The molecule has 2 heteroatoms. The zero-order chi connectivity index (χ0) is 10.1. The molecule has 0 aliphatic rings. The molecule has 1 aromatic carbocycles. The molecule has 2 aromatic rings. The van der Waals surface area contributed by atoms with Crippen molar-refractivity contribution in [1.82, 2.24) is 4.57 Å². The number of benzene rings is 1. The number of fused-ring (bicyclic) bond motifs is 1. The Kier molecular flexibility index (Phi) is 2.12. The van der Waals surface area contributed by atoms with Gasteiger partial charge in [-0.25, -0.2) is 0 Å². The highest BCUT2D eigenvalue weighted by Gasteiger charge is 2.05. The second kappa shape index (κ2) is 3.29. The van der Waals surface area contributed by atoms with Crippen LogP contribution >= 0.6 is 0 Å². The molecule has 0 atom stereocenters. The molecule has 1 aromatic heterocycles. The number of carbonyl (C=O) groups excluding carboxylic acids is 1. The van der Waals surface area contributed by atoms with Crippen molar-refractivity contribution in [3.05, 3.63) is 36.0 Å². The molecule has 0 bridgehead atoms. The second-order valence-electron chi connectivity index (χ2n) is 3.66. The quantitative estimate of drug-likeness (QED) is 0.708. The third-order valence-electron chi connectivity index (χ3n) is 2.38. The first-order valence-corrected chi connectivity index (χ1v) is 4.72. The van der Waals surface area contributed by atoms with E-state index >= 15 is 0 Å². The number of ketones is 1. The maximum absolute atomic E-state index is 11.0. The minimum Gasteiger partial charge on any atom is -0.340 e. The average Bonchev–Trinajstić information content (AvgIpc) is 2.44. The number of aryl methyl sites for hydroxylation is 1. The predicted octanol–water partition coefficient (Wildman–Crippen LogP) is 2.54. The van der Waals surface area contributed by atoms with Gasteiger partial charge in [-0.1, -0.05) is 18.2 Å². The first kappa shape index (κ1) is 9.00. The Morgan fingerprint density at radius 2 is 2.07 bits per heavy atom. The average molecular weight is 187 g/mol. The number of hydrogen-bond acceptors (Lipinski definition) is 1. The van der Waals surface area contributed by atoms with Crippen LogP contribution < -0.4 is 0 Å². The summed E-state index contributed by atoms with van der Waals surface area (Å²) in [6.07, 6.45) is 2.03. The Morgan fingerprint density at radius 1 is 1.36 bits per heavy atom. The SMILES string of the molecule is CC(=O)Cn1cc(C)c2ccccc21. The largest absolute Gasteiger partial charge is 0.340 e. The van der Waals surface area contributed by atoms with Gasteiger partial charge in [-0.2, -0.15) is 0 Å². The molecule has 72 valence electrons. The van der Waals surface area contributed by atoms with Crippen molar-refractivity contribution in [3.8, 4) is 0 Å². The highest BCUT2D eigenvalue weighted by atomic mass is 16.1. The van der Waals surface area contributed by atoms with E-state index in [0.29, 0.717) is 6.54 Å². The van der Waals surface area contributed by atoms with E-state index < -0.39 is 0 Å². The molecule has 0 saturated heterocycles. The lowest BCUT2D eigenvalue weighted by Gasteiger charge is -2.00. The third kappa shape index (κ3) is 1.43. The van der Waals surface area contributed by atoms with Gasteiger partial charge in [-0.15, -0.1) is 0 Å². The number of aromatic nitrogens is 1. The van der Waals surface area contributed by atoms with Crippen LogP contribution in [0.5, 0.6) is 0 Å². The van der Waals surface area contributed by atoms with Crippen LogP contribution in [0.3, 0.4) is 0 Å². The predicted molar refractivity (Wildman–Crippen MR) is 57.4 cm³/mol. The van der Waals surface area contributed by atoms with Gasteiger partial charge in [-0.05, 0) is 25.5 Å². The monoisotopic (exact) mass is 187 g/mol. The first-order valence-electron chi connectivity index (χ1n) is 4.72. The molecular weight excluding hydrogens is 174 g/mol. The number of hydrogen-bond donors (Lipinski definition) is 0. The Balaban J connectivity index is 2.60. The van der Waals surface area contributed by atoms with E-state index in [1.165, 1.54) is 10.9 Å². The molecule has 0 N–H and O–H groups in total. The van der Waals surface area contributed by atoms with Crippen molar-refractivity contribution >= 4 is 16.7 Å². The van der Waals surface area contributed by atoms with E-state index in [0.717, 1.165) is 5.52 Å². The summed E-state index contributed by atoms with van der Waals surface area (Å²) in [4.78, 5) is 11.0. The fourth-order valence-electron chi connectivity index (χ4n) is 1.80. The third-order valence-corrected chi connectivity index (χ3v) is 2.38. The summed E-state index contributed by atoms with van der Waals surface area (Å²) in [5, 5.41) is 1.23. The molecule has 0 aliphatic carbocycles. The number of nitrogens with zero attached hydrogens (tertiary/aromatic N) is 1. The van der Waals surface area contributed by atoms with Crippen molar-refractivity contribution in [3.63, 3.8) is 0 Å². The molecule has 14 heavy (non-hydrogen) atoms. The van der Waals surface area contributed by atoms with Crippen LogP contribution in [0, 0.1) is 6.92 Å². The van der Waals surface area contributed by atoms with Gasteiger partial charge in [0.15, 0.2) is 0 Å². The lowest BCUT2D eigenvalue weighted by atomic mass is 10.2.